The van der Waals surface area contributed by atoms with Crippen molar-refractivity contribution in [1.29, 1.82) is 0 Å². The van der Waals surface area contributed by atoms with Gasteiger partial charge in [0.25, 0.3) is 0 Å². The molecular formula is C19H19ClN2O5S. The summed E-state index contributed by atoms with van der Waals surface area (Å²) in [7, 11) is -1.81. The maximum atomic E-state index is 12.6. The van der Waals surface area contributed by atoms with E-state index >= 15 is 0 Å². The topological polar surface area (TPSA) is 92.8 Å². The van der Waals surface area contributed by atoms with E-state index in [2.05, 4.69) is 5.32 Å². The minimum atomic E-state index is -3.31. The Morgan fingerprint density at radius 2 is 1.89 bits per heavy atom. The largest absolute Gasteiger partial charge is 0.495 e. The van der Waals surface area contributed by atoms with Crippen molar-refractivity contribution in [3.8, 4) is 5.75 Å². The number of carbonyl (C=O) groups is 2. The summed E-state index contributed by atoms with van der Waals surface area (Å²) in [6.07, 6.45) is 1.17. The number of hydrogen-bond donors (Lipinski definition) is 1. The van der Waals surface area contributed by atoms with Crippen molar-refractivity contribution < 1.29 is 22.7 Å². The van der Waals surface area contributed by atoms with Crippen molar-refractivity contribution in [2.24, 2.45) is 5.92 Å². The smallest absolute Gasteiger partial charge is 0.229 e. The van der Waals surface area contributed by atoms with Gasteiger partial charge in [-0.2, -0.15) is 0 Å². The molecule has 7 nitrogen and oxygen atoms in total. The van der Waals surface area contributed by atoms with Gasteiger partial charge < -0.3 is 15.0 Å². The third-order valence-corrected chi connectivity index (χ3v) is 5.84. The van der Waals surface area contributed by atoms with Crippen molar-refractivity contribution in [2.75, 3.05) is 30.1 Å². The van der Waals surface area contributed by atoms with Gasteiger partial charge in [-0.15, -0.1) is 0 Å². The highest BCUT2D eigenvalue weighted by atomic mass is 35.5. The third kappa shape index (κ3) is 4.28. The molecule has 0 saturated carbocycles. The van der Waals surface area contributed by atoms with Gasteiger partial charge in [0, 0.05) is 29.9 Å². The molecule has 2 aromatic rings. The van der Waals surface area contributed by atoms with Crippen LogP contribution >= 0.6 is 11.6 Å². The number of methoxy groups -OCH3 is 1. The third-order valence-electron chi connectivity index (χ3n) is 4.48. The van der Waals surface area contributed by atoms with Gasteiger partial charge in [-0.05, 0) is 42.5 Å². The first-order valence-corrected chi connectivity index (χ1v) is 10.7. The van der Waals surface area contributed by atoms with Crippen molar-refractivity contribution in [3.05, 3.63) is 47.5 Å². The van der Waals surface area contributed by atoms with Crippen LogP contribution in [0.15, 0.2) is 47.4 Å². The van der Waals surface area contributed by atoms with Crippen molar-refractivity contribution >= 4 is 44.6 Å². The van der Waals surface area contributed by atoms with Gasteiger partial charge in [-0.1, -0.05) is 11.6 Å². The molecule has 148 valence electrons. The van der Waals surface area contributed by atoms with Crippen molar-refractivity contribution in [1.82, 2.24) is 0 Å². The van der Waals surface area contributed by atoms with E-state index in [1.807, 2.05) is 0 Å². The highest BCUT2D eigenvalue weighted by molar-refractivity contribution is 7.90. The summed E-state index contributed by atoms with van der Waals surface area (Å²) < 4.78 is 28.3. The number of halogens is 1. The normalized spacial score (nSPS) is 16.9. The van der Waals surface area contributed by atoms with Crippen LogP contribution in [0.4, 0.5) is 11.4 Å². The van der Waals surface area contributed by atoms with E-state index in [0.717, 1.165) is 6.26 Å². The average Bonchev–Trinajstić information content (AvgIpc) is 3.03. The van der Waals surface area contributed by atoms with Crippen LogP contribution in [0, 0.1) is 5.92 Å². The molecule has 1 saturated heterocycles. The summed E-state index contributed by atoms with van der Waals surface area (Å²) in [6.45, 7) is 0.197. The molecule has 1 N–H and O–H groups in total. The molecular weight excluding hydrogens is 404 g/mol. The summed E-state index contributed by atoms with van der Waals surface area (Å²) >= 11 is 6.04. The average molecular weight is 423 g/mol. The quantitative estimate of drug-likeness (QED) is 0.799. The predicted molar refractivity (Wildman–Crippen MR) is 107 cm³/mol. The SMILES string of the molecule is COc1ccc(Cl)cc1N1CC(C(=O)Nc2ccc(S(C)(=O)=O)cc2)CC1=O. The van der Waals surface area contributed by atoms with Crippen LogP contribution in [0.5, 0.6) is 5.75 Å². The minimum Gasteiger partial charge on any atom is -0.495 e. The number of rotatable bonds is 5. The minimum absolute atomic E-state index is 0.0585. The lowest BCUT2D eigenvalue weighted by molar-refractivity contribution is -0.122. The van der Waals surface area contributed by atoms with E-state index in [-0.39, 0.29) is 29.7 Å². The van der Waals surface area contributed by atoms with E-state index in [9.17, 15) is 18.0 Å². The standard InChI is InChI=1S/C19H19ClN2O5S/c1-27-17-8-3-13(20)10-16(17)22-11-12(9-18(22)23)19(24)21-14-4-6-15(7-5-14)28(2,25)26/h3-8,10,12H,9,11H2,1-2H3,(H,21,24). The second kappa shape index (κ2) is 7.81. The van der Waals surface area contributed by atoms with Crippen molar-refractivity contribution in [3.63, 3.8) is 0 Å². The Hall–Kier alpha value is -2.58. The van der Waals surface area contributed by atoms with Gasteiger partial charge in [-0.3, -0.25) is 9.59 Å². The summed E-state index contributed by atoms with van der Waals surface area (Å²) in [5.41, 5.74) is 0.983. The summed E-state index contributed by atoms with van der Waals surface area (Å²) in [5.74, 6) is -0.571. The lowest BCUT2D eigenvalue weighted by Crippen LogP contribution is -2.28. The molecule has 2 aromatic carbocycles. The van der Waals surface area contributed by atoms with Gasteiger partial charge in [0.1, 0.15) is 5.75 Å². The zero-order valence-electron chi connectivity index (χ0n) is 15.3. The fourth-order valence-corrected chi connectivity index (χ4v) is 3.82. The monoisotopic (exact) mass is 422 g/mol. The van der Waals surface area contributed by atoms with Gasteiger partial charge >= 0.3 is 0 Å². The molecule has 1 unspecified atom stereocenters. The molecule has 0 radical (unpaired) electrons. The second-order valence-corrected chi connectivity index (χ2v) is 8.96. The Kier molecular flexibility index (Phi) is 5.62. The number of hydrogen-bond acceptors (Lipinski definition) is 5. The zero-order valence-corrected chi connectivity index (χ0v) is 16.9. The number of anilines is 2. The van der Waals surface area contributed by atoms with Crippen LogP contribution in [0.25, 0.3) is 0 Å². The molecule has 1 aliphatic heterocycles. The van der Waals surface area contributed by atoms with Gasteiger partial charge in [0.2, 0.25) is 11.8 Å². The zero-order chi connectivity index (χ0) is 20.5. The molecule has 1 heterocycles. The lowest BCUT2D eigenvalue weighted by Gasteiger charge is -2.20. The number of benzene rings is 2. The maximum absolute atomic E-state index is 12.6. The highest BCUT2D eigenvalue weighted by Crippen LogP contribution is 2.35. The number of amides is 2. The Morgan fingerprint density at radius 3 is 2.50 bits per heavy atom. The highest BCUT2D eigenvalue weighted by Gasteiger charge is 2.36. The Labute approximate surface area is 168 Å². The number of sulfone groups is 1. The molecule has 0 spiro atoms. The van der Waals surface area contributed by atoms with Crippen LogP contribution in [-0.4, -0.2) is 40.1 Å². The Balaban J connectivity index is 1.73. The summed E-state index contributed by atoms with van der Waals surface area (Å²) in [6, 6.07) is 10.8. The molecule has 1 fully saturated rings. The van der Waals surface area contributed by atoms with Gasteiger partial charge in [0.15, 0.2) is 9.84 Å². The number of ether oxygens (including phenoxy) is 1. The van der Waals surface area contributed by atoms with Crippen LogP contribution in [0.2, 0.25) is 5.02 Å². The summed E-state index contributed by atoms with van der Waals surface area (Å²) in [4.78, 5) is 26.7. The van der Waals surface area contributed by atoms with Crippen LogP contribution in [0.3, 0.4) is 0 Å². The van der Waals surface area contributed by atoms with Crippen LogP contribution in [0.1, 0.15) is 6.42 Å². The maximum Gasteiger partial charge on any atom is 0.229 e. The van der Waals surface area contributed by atoms with E-state index < -0.39 is 15.8 Å². The number of nitrogens with one attached hydrogen (secondary N) is 1. The van der Waals surface area contributed by atoms with E-state index in [1.54, 1.807) is 18.2 Å². The summed E-state index contributed by atoms with van der Waals surface area (Å²) in [5, 5.41) is 3.19. The molecule has 9 heteroatoms. The first-order valence-electron chi connectivity index (χ1n) is 8.44. The van der Waals surface area contributed by atoms with E-state index in [4.69, 9.17) is 16.3 Å². The molecule has 0 aliphatic carbocycles. The van der Waals surface area contributed by atoms with Gasteiger partial charge in [0.05, 0.1) is 23.6 Å². The number of carbonyl (C=O) groups excluding carboxylic acids is 2. The molecule has 0 bridgehead atoms. The van der Waals surface area contributed by atoms with Crippen LogP contribution < -0.4 is 15.0 Å². The molecule has 3 rings (SSSR count). The molecule has 1 aliphatic rings. The molecule has 28 heavy (non-hydrogen) atoms. The first kappa shape index (κ1) is 20.2. The fourth-order valence-electron chi connectivity index (χ4n) is 3.02. The van der Waals surface area contributed by atoms with E-state index in [0.29, 0.717) is 22.1 Å². The molecule has 0 aromatic heterocycles. The Morgan fingerprint density at radius 1 is 1.21 bits per heavy atom. The van der Waals surface area contributed by atoms with Crippen molar-refractivity contribution in [2.45, 2.75) is 11.3 Å². The van der Waals surface area contributed by atoms with Gasteiger partial charge in [-0.25, -0.2) is 8.42 Å². The second-order valence-electron chi connectivity index (χ2n) is 6.51. The van der Waals surface area contributed by atoms with Crippen LogP contribution in [-0.2, 0) is 19.4 Å². The lowest BCUT2D eigenvalue weighted by atomic mass is 10.1. The fraction of sp³-hybridized carbons (Fsp3) is 0.263. The first-order chi connectivity index (χ1) is 13.2. The molecule has 2 amide bonds. The molecule has 1 atom stereocenters. The predicted octanol–water partition coefficient (Wildman–Crippen LogP) is 2.74. The Bertz CT molecular complexity index is 1020. The number of nitrogens with zero attached hydrogens (tertiary/aromatic N) is 1. The van der Waals surface area contributed by atoms with E-state index in [1.165, 1.54) is 36.3 Å².